The summed E-state index contributed by atoms with van der Waals surface area (Å²) < 4.78 is 0. The van der Waals surface area contributed by atoms with Crippen LogP contribution in [0.1, 0.15) is 51.8 Å². The Morgan fingerprint density at radius 1 is 1.04 bits per heavy atom. The average molecular weight is 388 g/mol. The summed E-state index contributed by atoms with van der Waals surface area (Å²) in [5, 5.41) is 6.97. The van der Waals surface area contributed by atoms with Gasteiger partial charge in [-0.25, -0.2) is 0 Å². The molecule has 1 heterocycles. The van der Waals surface area contributed by atoms with Gasteiger partial charge in [0.1, 0.15) is 0 Å². The molecule has 1 aromatic rings. The van der Waals surface area contributed by atoms with Gasteiger partial charge in [0.15, 0.2) is 5.96 Å². The van der Waals surface area contributed by atoms with Crippen molar-refractivity contribution in [3.63, 3.8) is 0 Å². The zero-order chi connectivity index (χ0) is 20.5. The van der Waals surface area contributed by atoms with E-state index in [1.54, 1.807) is 0 Å². The molecule has 0 saturated carbocycles. The molecule has 0 aromatic heterocycles. The minimum atomic E-state index is 0.227. The molecule has 1 aliphatic heterocycles. The van der Waals surface area contributed by atoms with Crippen LogP contribution < -0.4 is 10.6 Å². The lowest BCUT2D eigenvalue weighted by Gasteiger charge is -2.36. The maximum atomic E-state index is 4.87. The summed E-state index contributed by atoms with van der Waals surface area (Å²) in [6.07, 6.45) is 1.14. The molecule has 0 spiro atoms. The van der Waals surface area contributed by atoms with Crippen LogP contribution in [0.15, 0.2) is 29.3 Å². The van der Waals surface area contributed by atoms with E-state index in [9.17, 15) is 0 Å². The Kier molecular flexibility index (Phi) is 9.26. The number of likely N-dealkylation sites (N-methyl/N-ethyl adjacent to an activating group) is 1. The number of nitrogens with one attached hydrogen (secondary N) is 2. The van der Waals surface area contributed by atoms with E-state index in [-0.39, 0.29) is 6.04 Å². The Bertz CT molecular complexity index is 588. The standard InChI is InChI=1S/C23H41N5/c1-7-24-23(25-17-19(4)28-14-12-27(6)13-15-28)26-20(5)22-10-8-21(9-11-22)16-18(2)3/h8-11,18-20H,7,12-17H2,1-6H3,(H2,24,25,26). The Morgan fingerprint density at radius 3 is 2.25 bits per heavy atom. The van der Waals surface area contributed by atoms with Crippen LogP contribution in [-0.2, 0) is 6.42 Å². The molecule has 0 radical (unpaired) electrons. The quantitative estimate of drug-likeness (QED) is 0.531. The zero-order valence-electron chi connectivity index (χ0n) is 18.8. The lowest BCUT2D eigenvalue weighted by molar-refractivity contribution is 0.122. The van der Waals surface area contributed by atoms with Crippen LogP contribution in [0.4, 0.5) is 0 Å². The molecule has 1 aromatic carbocycles. The molecule has 2 N–H and O–H groups in total. The molecule has 0 aliphatic carbocycles. The van der Waals surface area contributed by atoms with E-state index in [4.69, 9.17) is 4.99 Å². The summed E-state index contributed by atoms with van der Waals surface area (Å²) in [5.74, 6) is 1.60. The highest BCUT2D eigenvalue weighted by Crippen LogP contribution is 2.15. The minimum absolute atomic E-state index is 0.227. The normalized spacial score (nSPS) is 18.9. The highest BCUT2D eigenvalue weighted by atomic mass is 15.3. The molecule has 5 heteroatoms. The van der Waals surface area contributed by atoms with Crippen LogP contribution in [0.5, 0.6) is 0 Å². The number of hydrogen-bond acceptors (Lipinski definition) is 3. The van der Waals surface area contributed by atoms with Crippen LogP contribution in [0.25, 0.3) is 0 Å². The van der Waals surface area contributed by atoms with Crippen LogP contribution >= 0.6 is 0 Å². The maximum Gasteiger partial charge on any atom is 0.191 e. The smallest absolute Gasteiger partial charge is 0.191 e. The molecule has 2 unspecified atom stereocenters. The highest BCUT2D eigenvalue weighted by Gasteiger charge is 2.19. The SMILES string of the molecule is CCNC(=NCC(C)N1CCN(C)CC1)NC(C)c1ccc(CC(C)C)cc1. The van der Waals surface area contributed by atoms with Crippen molar-refractivity contribution in [1.29, 1.82) is 0 Å². The molecule has 1 saturated heterocycles. The van der Waals surface area contributed by atoms with Crippen molar-refractivity contribution in [3.05, 3.63) is 35.4 Å². The van der Waals surface area contributed by atoms with E-state index >= 15 is 0 Å². The molecule has 158 valence electrons. The fraction of sp³-hybridized carbons (Fsp3) is 0.696. The summed E-state index contributed by atoms with van der Waals surface area (Å²) in [4.78, 5) is 9.81. The van der Waals surface area contributed by atoms with Gasteiger partial charge in [-0.05, 0) is 51.3 Å². The largest absolute Gasteiger partial charge is 0.357 e. The van der Waals surface area contributed by atoms with Crippen molar-refractivity contribution in [1.82, 2.24) is 20.4 Å². The van der Waals surface area contributed by atoms with Crippen molar-refractivity contribution in [2.75, 3.05) is 46.3 Å². The van der Waals surface area contributed by atoms with Gasteiger partial charge in [-0.15, -0.1) is 0 Å². The molecule has 0 bridgehead atoms. The van der Waals surface area contributed by atoms with E-state index in [2.05, 4.69) is 86.4 Å². The van der Waals surface area contributed by atoms with Crippen LogP contribution in [0, 0.1) is 5.92 Å². The fourth-order valence-corrected chi connectivity index (χ4v) is 3.62. The van der Waals surface area contributed by atoms with Gasteiger partial charge in [0.25, 0.3) is 0 Å². The van der Waals surface area contributed by atoms with Crippen molar-refractivity contribution in [2.24, 2.45) is 10.9 Å². The lowest BCUT2D eigenvalue weighted by Crippen LogP contribution is -2.49. The molecule has 1 fully saturated rings. The second-order valence-electron chi connectivity index (χ2n) is 8.61. The third-order valence-electron chi connectivity index (χ3n) is 5.50. The molecule has 2 rings (SSSR count). The topological polar surface area (TPSA) is 42.9 Å². The number of nitrogens with zero attached hydrogens (tertiary/aromatic N) is 3. The van der Waals surface area contributed by atoms with E-state index in [0.29, 0.717) is 12.0 Å². The van der Waals surface area contributed by atoms with Crippen LogP contribution in [0.2, 0.25) is 0 Å². The van der Waals surface area contributed by atoms with E-state index in [1.165, 1.54) is 11.1 Å². The third-order valence-corrected chi connectivity index (χ3v) is 5.50. The first-order valence-corrected chi connectivity index (χ1v) is 10.9. The first-order valence-electron chi connectivity index (χ1n) is 10.9. The minimum Gasteiger partial charge on any atom is -0.357 e. The number of piperazine rings is 1. The van der Waals surface area contributed by atoms with Crippen LogP contribution in [-0.4, -0.2) is 68.1 Å². The molecule has 2 atom stereocenters. The van der Waals surface area contributed by atoms with E-state index < -0.39 is 0 Å². The lowest BCUT2D eigenvalue weighted by atomic mass is 10.00. The second-order valence-corrected chi connectivity index (χ2v) is 8.61. The van der Waals surface area contributed by atoms with Crippen molar-refractivity contribution >= 4 is 5.96 Å². The van der Waals surface area contributed by atoms with Crippen molar-refractivity contribution in [3.8, 4) is 0 Å². The zero-order valence-corrected chi connectivity index (χ0v) is 18.8. The number of aliphatic imine (C=N–C) groups is 1. The van der Waals surface area contributed by atoms with Crippen LogP contribution in [0.3, 0.4) is 0 Å². The fourth-order valence-electron chi connectivity index (χ4n) is 3.62. The van der Waals surface area contributed by atoms with Gasteiger partial charge >= 0.3 is 0 Å². The van der Waals surface area contributed by atoms with Gasteiger partial charge in [0.2, 0.25) is 0 Å². The number of benzene rings is 1. The van der Waals surface area contributed by atoms with Gasteiger partial charge in [-0.3, -0.25) is 9.89 Å². The molecule has 5 nitrogen and oxygen atoms in total. The van der Waals surface area contributed by atoms with E-state index in [1.807, 2.05) is 0 Å². The Hall–Kier alpha value is -1.59. The molecule has 28 heavy (non-hydrogen) atoms. The predicted octanol–water partition coefficient (Wildman–Crippen LogP) is 3.14. The summed E-state index contributed by atoms with van der Waals surface area (Å²) in [6.45, 7) is 17.4. The van der Waals surface area contributed by atoms with Gasteiger partial charge in [0, 0.05) is 38.8 Å². The second kappa shape index (κ2) is 11.4. The molecule has 1 aliphatic rings. The summed E-state index contributed by atoms with van der Waals surface area (Å²) in [7, 11) is 2.20. The number of guanidine groups is 1. The van der Waals surface area contributed by atoms with Gasteiger partial charge in [-0.2, -0.15) is 0 Å². The molecule has 0 amide bonds. The first kappa shape index (κ1) is 22.7. The Morgan fingerprint density at radius 2 is 1.68 bits per heavy atom. The number of hydrogen-bond donors (Lipinski definition) is 2. The Labute approximate surface area is 172 Å². The van der Waals surface area contributed by atoms with Gasteiger partial charge in [0.05, 0.1) is 12.6 Å². The van der Waals surface area contributed by atoms with Gasteiger partial charge in [-0.1, -0.05) is 38.1 Å². The first-order chi connectivity index (χ1) is 13.4. The summed E-state index contributed by atoms with van der Waals surface area (Å²) in [6, 6.07) is 9.69. The van der Waals surface area contributed by atoms with E-state index in [0.717, 1.165) is 51.6 Å². The maximum absolute atomic E-state index is 4.87. The van der Waals surface area contributed by atoms with Crippen molar-refractivity contribution in [2.45, 2.75) is 53.1 Å². The predicted molar refractivity (Wildman–Crippen MR) is 121 cm³/mol. The molecular weight excluding hydrogens is 346 g/mol. The summed E-state index contributed by atoms with van der Waals surface area (Å²) >= 11 is 0. The summed E-state index contributed by atoms with van der Waals surface area (Å²) in [5.41, 5.74) is 2.71. The Balaban J connectivity index is 1.92. The van der Waals surface area contributed by atoms with Crippen molar-refractivity contribution < 1.29 is 0 Å². The number of rotatable bonds is 8. The van der Waals surface area contributed by atoms with Gasteiger partial charge < -0.3 is 15.5 Å². The molecular formula is C23H41N5. The third kappa shape index (κ3) is 7.44. The average Bonchev–Trinajstić information content (AvgIpc) is 2.66. The monoisotopic (exact) mass is 387 g/mol. The highest BCUT2D eigenvalue weighted by molar-refractivity contribution is 5.80.